The van der Waals surface area contributed by atoms with Crippen molar-refractivity contribution in [3.05, 3.63) is 0 Å². The van der Waals surface area contributed by atoms with E-state index in [0.29, 0.717) is 12.0 Å². The fraction of sp³-hybridized carbons (Fsp3) is 0.923. The highest BCUT2D eigenvalue weighted by Crippen LogP contribution is 2.19. The summed E-state index contributed by atoms with van der Waals surface area (Å²) in [5.74, 6) is 1.40. The fourth-order valence-corrected chi connectivity index (χ4v) is 2.37. The highest BCUT2D eigenvalue weighted by molar-refractivity contribution is 5.80. The van der Waals surface area contributed by atoms with Gasteiger partial charge in [-0.2, -0.15) is 0 Å². The molecule has 2 unspecified atom stereocenters. The third-order valence-corrected chi connectivity index (χ3v) is 3.99. The van der Waals surface area contributed by atoms with Gasteiger partial charge in [0.05, 0.1) is 12.6 Å². The Bertz CT molecular complexity index is 248. The molecule has 1 rings (SSSR count). The zero-order chi connectivity index (χ0) is 12.8. The molecule has 2 N–H and O–H groups in total. The van der Waals surface area contributed by atoms with Crippen molar-refractivity contribution < 1.29 is 0 Å². The monoisotopic (exact) mass is 240 g/mol. The number of hydrogen-bond donors (Lipinski definition) is 1. The summed E-state index contributed by atoms with van der Waals surface area (Å²) >= 11 is 0. The van der Waals surface area contributed by atoms with Gasteiger partial charge in [-0.3, -0.25) is 4.99 Å². The Morgan fingerprint density at radius 2 is 2.06 bits per heavy atom. The fourth-order valence-electron chi connectivity index (χ4n) is 2.37. The summed E-state index contributed by atoms with van der Waals surface area (Å²) in [4.78, 5) is 9.13. The molecule has 1 aliphatic rings. The predicted molar refractivity (Wildman–Crippen MR) is 74.2 cm³/mol. The van der Waals surface area contributed by atoms with Crippen molar-refractivity contribution in [2.45, 2.75) is 40.2 Å². The molecule has 100 valence electrons. The van der Waals surface area contributed by atoms with E-state index in [1.165, 1.54) is 6.42 Å². The summed E-state index contributed by atoms with van der Waals surface area (Å²) in [5, 5.41) is 0. The molecule has 0 aromatic carbocycles. The Morgan fingerprint density at radius 3 is 2.59 bits per heavy atom. The topological polar surface area (TPSA) is 44.9 Å². The van der Waals surface area contributed by atoms with Crippen LogP contribution in [-0.2, 0) is 0 Å². The van der Waals surface area contributed by atoms with Crippen LogP contribution < -0.4 is 5.73 Å². The highest BCUT2D eigenvalue weighted by Gasteiger charge is 2.29. The lowest BCUT2D eigenvalue weighted by Gasteiger charge is -2.32. The first-order chi connectivity index (χ1) is 8.13. The molecule has 4 heteroatoms. The second-order valence-electron chi connectivity index (χ2n) is 4.87. The van der Waals surface area contributed by atoms with E-state index in [4.69, 9.17) is 5.73 Å². The molecular weight excluding hydrogens is 212 g/mol. The normalized spacial score (nSPS) is 22.1. The number of likely N-dealkylation sites (N-methyl/N-ethyl adjacent to an activating group) is 1. The highest BCUT2D eigenvalue weighted by atomic mass is 15.3. The third kappa shape index (κ3) is 3.60. The van der Waals surface area contributed by atoms with E-state index in [2.05, 4.69) is 42.5 Å². The van der Waals surface area contributed by atoms with E-state index < -0.39 is 0 Å². The Kier molecular flexibility index (Phi) is 5.75. The summed E-state index contributed by atoms with van der Waals surface area (Å²) in [5.41, 5.74) is 5.99. The smallest absolute Gasteiger partial charge is 0.191 e. The molecule has 0 saturated carbocycles. The van der Waals surface area contributed by atoms with Gasteiger partial charge in [-0.15, -0.1) is 0 Å². The van der Waals surface area contributed by atoms with Crippen LogP contribution in [0.15, 0.2) is 4.99 Å². The van der Waals surface area contributed by atoms with Gasteiger partial charge in [-0.1, -0.05) is 34.1 Å². The van der Waals surface area contributed by atoms with Crippen molar-refractivity contribution in [2.75, 3.05) is 32.7 Å². The van der Waals surface area contributed by atoms with E-state index in [9.17, 15) is 0 Å². The van der Waals surface area contributed by atoms with Gasteiger partial charge < -0.3 is 15.5 Å². The number of nitrogens with two attached hydrogens (primary N) is 1. The van der Waals surface area contributed by atoms with Gasteiger partial charge in [0, 0.05) is 13.1 Å². The predicted octanol–water partition coefficient (Wildman–Crippen LogP) is 1.37. The quantitative estimate of drug-likeness (QED) is 0.731. The lowest BCUT2D eigenvalue weighted by Crippen LogP contribution is -2.47. The second-order valence-corrected chi connectivity index (χ2v) is 4.87. The van der Waals surface area contributed by atoms with Gasteiger partial charge in [0.2, 0.25) is 0 Å². The van der Waals surface area contributed by atoms with Crippen LogP contribution >= 0.6 is 0 Å². The Morgan fingerprint density at radius 1 is 1.41 bits per heavy atom. The molecule has 0 fully saturated rings. The molecule has 0 aromatic rings. The van der Waals surface area contributed by atoms with E-state index in [-0.39, 0.29) is 0 Å². The average Bonchev–Trinajstić information content (AvgIpc) is 2.71. The van der Waals surface area contributed by atoms with Crippen LogP contribution in [0.1, 0.15) is 34.1 Å². The first kappa shape index (κ1) is 14.3. The molecule has 1 aliphatic heterocycles. The SMILES string of the molecule is CCC(C)C1CN=C(N)N1CCN(CC)CC. The number of aliphatic imine (C=N–C) groups is 1. The molecule has 0 saturated heterocycles. The van der Waals surface area contributed by atoms with Crippen LogP contribution in [0, 0.1) is 5.92 Å². The molecule has 0 radical (unpaired) electrons. The second kappa shape index (κ2) is 6.84. The first-order valence-electron chi connectivity index (χ1n) is 6.92. The Labute approximate surface area is 106 Å². The van der Waals surface area contributed by atoms with Gasteiger partial charge in [0.1, 0.15) is 0 Å². The molecule has 0 spiro atoms. The maximum absolute atomic E-state index is 5.99. The minimum absolute atomic E-state index is 0.510. The maximum Gasteiger partial charge on any atom is 0.191 e. The number of hydrogen-bond acceptors (Lipinski definition) is 4. The minimum Gasteiger partial charge on any atom is -0.370 e. The molecule has 4 nitrogen and oxygen atoms in total. The Balaban J connectivity index is 2.50. The zero-order valence-corrected chi connectivity index (χ0v) is 11.8. The van der Waals surface area contributed by atoms with Gasteiger partial charge in [0.25, 0.3) is 0 Å². The van der Waals surface area contributed by atoms with Crippen molar-refractivity contribution in [3.8, 4) is 0 Å². The molecule has 0 bridgehead atoms. The van der Waals surface area contributed by atoms with Gasteiger partial charge in [0.15, 0.2) is 5.96 Å². The molecule has 0 amide bonds. The van der Waals surface area contributed by atoms with E-state index in [1.807, 2.05) is 0 Å². The number of guanidine groups is 1. The summed E-state index contributed by atoms with van der Waals surface area (Å²) in [6.07, 6.45) is 1.19. The van der Waals surface area contributed by atoms with Crippen molar-refractivity contribution in [1.82, 2.24) is 9.80 Å². The van der Waals surface area contributed by atoms with Crippen LogP contribution in [0.4, 0.5) is 0 Å². The largest absolute Gasteiger partial charge is 0.370 e. The maximum atomic E-state index is 5.99. The number of nitrogens with zero attached hydrogens (tertiary/aromatic N) is 3. The van der Waals surface area contributed by atoms with Crippen molar-refractivity contribution >= 4 is 5.96 Å². The van der Waals surface area contributed by atoms with Crippen LogP contribution in [0.3, 0.4) is 0 Å². The van der Waals surface area contributed by atoms with Crippen LogP contribution in [-0.4, -0.2) is 54.5 Å². The Hall–Kier alpha value is -0.770. The lowest BCUT2D eigenvalue weighted by molar-refractivity contribution is 0.214. The van der Waals surface area contributed by atoms with Gasteiger partial charge >= 0.3 is 0 Å². The van der Waals surface area contributed by atoms with Crippen molar-refractivity contribution in [3.63, 3.8) is 0 Å². The van der Waals surface area contributed by atoms with Crippen molar-refractivity contribution in [1.29, 1.82) is 0 Å². The molecule has 2 atom stereocenters. The van der Waals surface area contributed by atoms with E-state index in [1.54, 1.807) is 0 Å². The molecular formula is C13H28N4. The third-order valence-electron chi connectivity index (χ3n) is 3.99. The van der Waals surface area contributed by atoms with Crippen LogP contribution in [0.25, 0.3) is 0 Å². The van der Waals surface area contributed by atoms with Crippen LogP contribution in [0.2, 0.25) is 0 Å². The summed E-state index contributed by atoms with van der Waals surface area (Å²) in [6, 6.07) is 0.510. The minimum atomic E-state index is 0.510. The standard InChI is InChI=1S/C13H28N4/c1-5-11(4)12-10-15-13(14)17(12)9-8-16(6-2)7-3/h11-12H,5-10H2,1-4H3,(H2,14,15). The first-order valence-corrected chi connectivity index (χ1v) is 6.92. The van der Waals surface area contributed by atoms with Crippen LogP contribution in [0.5, 0.6) is 0 Å². The molecule has 0 aromatic heterocycles. The zero-order valence-electron chi connectivity index (χ0n) is 11.8. The number of rotatable bonds is 7. The summed E-state index contributed by atoms with van der Waals surface area (Å²) in [7, 11) is 0. The molecule has 1 heterocycles. The average molecular weight is 240 g/mol. The van der Waals surface area contributed by atoms with E-state index >= 15 is 0 Å². The summed E-state index contributed by atoms with van der Waals surface area (Å²) in [6.45, 7) is 14.1. The molecule has 0 aliphatic carbocycles. The molecule has 17 heavy (non-hydrogen) atoms. The summed E-state index contributed by atoms with van der Waals surface area (Å²) < 4.78 is 0. The van der Waals surface area contributed by atoms with E-state index in [0.717, 1.165) is 38.7 Å². The lowest BCUT2D eigenvalue weighted by atomic mass is 9.98. The van der Waals surface area contributed by atoms with Gasteiger partial charge in [-0.25, -0.2) is 0 Å². The van der Waals surface area contributed by atoms with Crippen molar-refractivity contribution in [2.24, 2.45) is 16.6 Å². The van der Waals surface area contributed by atoms with Gasteiger partial charge in [-0.05, 0) is 19.0 Å².